The van der Waals surface area contributed by atoms with Crippen molar-refractivity contribution in [2.24, 2.45) is 0 Å². The Morgan fingerprint density at radius 3 is 1.88 bits per heavy atom. The molecule has 0 aromatic carbocycles. The maximum atomic E-state index is 10.6. The Balaban J connectivity index is 4.40. The Kier molecular flexibility index (Phi) is 6.11. The average Bonchev–Trinajstić information content (AvgIpc) is 2.21. The van der Waals surface area contributed by atoms with Crippen LogP contribution in [0.15, 0.2) is 73.3 Å². The van der Waals surface area contributed by atoms with Crippen LogP contribution in [0.2, 0.25) is 0 Å². The van der Waals surface area contributed by atoms with E-state index in [4.69, 9.17) is 9.84 Å². The highest BCUT2D eigenvalue weighted by Gasteiger charge is 1.96. The smallest absolute Gasteiger partial charge is 0.308 e. The molecule has 17 heavy (non-hydrogen) atoms. The summed E-state index contributed by atoms with van der Waals surface area (Å²) in [7, 11) is 0. The maximum Gasteiger partial charge on any atom is 0.308 e. The predicted molar refractivity (Wildman–Crippen MR) is 69.2 cm³/mol. The van der Waals surface area contributed by atoms with Gasteiger partial charge in [0.25, 0.3) is 0 Å². The Labute approximate surface area is 101 Å². The summed E-state index contributed by atoms with van der Waals surface area (Å²) in [5.74, 6) is -0.269. The van der Waals surface area contributed by atoms with Crippen molar-refractivity contribution in [1.29, 1.82) is 0 Å². The van der Waals surface area contributed by atoms with Crippen LogP contribution in [0.3, 0.4) is 0 Å². The highest BCUT2D eigenvalue weighted by Crippen LogP contribution is 2.10. The standard InChI is InChI=1S/C14H16O3/c1-10(6-8-12(3)15)11(2)7-9-13(4)17-14(5)16/h6-9,15H,1-4H2,5H3/b8-6-,9-7-. The zero-order valence-electron chi connectivity index (χ0n) is 9.90. The van der Waals surface area contributed by atoms with Gasteiger partial charge < -0.3 is 9.84 Å². The lowest BCUT2D eigenvalue weighted by Crippen LogP contribution is -1.95. The normalized spacial score (nSPS) is 10.4. The van der Waals surface area contributed by atoms with E-state index in [1.54, 1.807) is 12.2 Å². The molecule has 0 rings (SSSR count). The van der Waals surface area contributed by atoms with E-state index >= 15 is 0 Å². The molecule has 0 aliphatic heterocycles. The van der Waals surface area contributed by atoms with E-state index in [0.29, 0.717) is 11.1 Å². The molecule has 0 heterocycles. The van der Waals surface area contributed by atoms with Crippen molar-refractivity contribution >= 4 is 5.97 Å². The first-order valence-corrected chi connectivity index (χ1v) is 4.82. The molecule has 0 spiro atoms. The SMILES string of the molecule is C=C(O)/C=C\C(=C)C(=C)/C=C\C(=C)OC(C)=O. The van der Waals surface area contributed by atoms with E-state index in [0.717, 1.165) is 0 Å². The fourth-order valence-corrected chi connectivity index (χ4v) is 0.823. The van der Waals surface area contributed by atoms with Gasteiger partial charge in [-0.15, -0.1) is 0 Å². The van der Waals surface area contributed by atoms with Crippen LogP contribution in [0, 0.1) is 0 Å². The van der Waals surface area contributed by atoms with Gasteiger partial charge in [-0.1, -0.05) is 38.5 Å². The van der Waals surface area contributed by atoms with Gasteiger partial charge in [0.05, 0.1) is 0 Å². The Bertz CT molecular complexity index is 423. The fourth-order valence-electron chi connectivity index (χ4n) is 0.823. The fraction of sp³-hybridized carbons (Fsp3) is 0.0714. The van der Waals surface area contributed by atoms with Crippen molar-refractivity contribution in [1.82, 2.24) is 0 Å². The second-order valence-electron chi connectivity index (χ2n) is 3.27. The summed E-state index contributed by atoms with van der Waals surface area (Å²) in [6.45, 7) is 15.6. The zero-order valence-corrected chi connectivity index (χ0v) is 9.90. The predicted octanol–water partition coefficient (Wildman–Crippen LogP) is 3.36. The molecule has 0 bridgehead atoms. The Morgan fingerprint density at radius 2 is 1.47 bits per heavy atom. The van der Waals surface area contributed by atoms with Gasteiger partial charge in [0.15, 0.2) is 0 Å². The minimum atomic E-state index is -0.430. The zero-order chi connectivity index (χ0) is 13.4. The highest BCUT2D eigenvalue weighted by molar-refractivity contribution is 5.67. The number of ether oxygens (including phenoxy) is 1. The first kappa shape index (κ1) is 14.7. The summed E-state index contributed by atoms with van der Waals surface area (Å²) in [6.07, 6.45) is 6.10. The number of esters is 1. The molecule has 0 aromatic heterocycles. The molecule has 3 heteroatoms. The van der Waals surface area contributed by atoms with Crippen LogP contribution in [-0.4, -0.2) is 11.1 Å². The number of aliphatic hydroxyl groups is 1. The summed E-state index contributed by atoms with van der Waals surface area (Å²) >= 11 is 0. The van der Waals surface area contributed by atoms with Crippen LogP contribution in [-0.2, 0) is 9.53 Å². The number of rotatable bonds is 6. The molecule has 0 saturated heterocycles. The topological polar surface area (TPSA) is 46.5 Å². The van der Waals surface area contributed by atoms with Gasteiger partial charge in [-0.2, -0.15) is 0 Å². The van der Waals surface area contributed by atoms with E-state index in [1.807, 2.05) is 0 Å². The van der Waals surface area contributed by atoms with Crippen molar-refractivity contribution in [2.75, 3.05) is 0 Å². The lowest BCUT2D eigenvalue weighted by Gasteiger charge is -2.01. The number of carbonyl (C=O) groups is 1. The molecule has 0 fully saturated rings. The van der Waals surface area contributed by atoms with Gasteiger partial charge in [0.1, 0.15) is 11.5 Å². The molecule has 3 nitrogen and oxygen atoms in total. The Morgan fingerprint density at radius 1 is 1.00 bits per heavy atom. The number of hydrogen-bond donors (Lipinski definition) is 1. The number of carbonyl (C=O) groups excluding carboxylic acids is 1. The van der Waals surface area contributed by atoms with Crippen LogP contribution >= 0.6 is 0 Å². The van der Waals surface area contributed by atoms with Gasteiger partial charge >= 0.3 is 5.97 Å². The van der Waals surface area contributed by atoms with E-state index in [-0.39, 0.29) is 11.5 Å². The molecular formula is C14H16O3. The second-order valence-corrected chi connectivity index (χ2v) is 3.27. The summed E-state index contributed by atoms with van der Waals surface area (Å²) in [5, 5.41) is 8.86. The first-order chi connectivity index (χ1) is 7.82. The molecule has 0 unspecified atom stereocenters. The van der Waals surface area contributed by atoms with E-state index < -0.39 is 5.97 Å². The molecule has 0 aromatic rings. The maximum absolute atomic E-state index is 10.6. The quantitative estimate of drug-likeness (QED) is 0.434. The van der Waals surface area contributed by atoms with Gasteiger partial charge in [-0.05, 0) is 23.3 Å². The minimum absolute atomic E-state index is 0.0627. The molecule has 0 amide bonds. The van der Waals surface area contributed by atoms with Gasteiger partial charge in [0.2, 0.25) is 0 Å². The van der Waals surface area contributed by atoms with Crippen molar-refractivity contribution in [2.45, 2.75) is 6.92 Å². The molecule has 0 aliphatic rings. The average molecular weight is 232 g/mol. The summed E-state index contributed by atoms with van der Waals surface area (Å²) in [4.78, 5) is 10.6. The van der Waals surface area contributed by atoms with Gasteiger partial charge in [-0.3, -0.25) is 4.79 Å². The third-order valence-electron chi connectivity index (χ3n) is 1.63. The van der Waals surface area contributed by atoms with Crippen molar-refractivity contribution in [3.05, 3.63) is 73.3 Å². The van der Waals surface area contributed by atoms with Crippen LogP contribution in [0.5, 0.6) is 0 Å². The minimum Gasteiger partial charge on any atom is -0.509 e. The van der Waals surface area contributed by atoms with Gasteiger partial charge in [0, 0.05) is 6.92 Å². The summed E-state index contributed by atoms with van der Waals surface area (Å²) < 4.78 is 4.72. The number of allylic oxidation sites excluding steroid dienone is 6. The number of hydrogen-bond acceptors (Lipinski definition) is 3. The van der Waals surface area contributed by atoms with Crippen LogP contribution in [0.4, 0.5) is 0 Å². The van der Waals surface area contributed by atoms with Gasteiger partial charge in [-0.25, -0.2) is 0 Å². The van der Waals surface area contributed by atoms with Crippen molar-refractivity contribution < 1.29 is 14.6 Å². The molecule has 0 atom stereocenters. The third-order valence-corrected chi connectivity index (χ3v) is 1.63. The summed E-state index contributed by atoms with van der Waals surface area (Å²) in [6, 6.07) is 0. The molecule has 90 valence electrons. The molecular weight excluding hydrogens is 216 g/mol. The number of aliphatic hydroxyl groups excluding tert-OH is 1. The first-order valence-electron chi connectivity index (χ1n) is 4.82. The van der Waals surface area contributed by atoms with E-state index in [9.17, 15) is 4.79 Å². The summed E-state index contributed by atoms with van der Waals surface area (Å²) in [5.41, 5.74) is 1.21. The van der Waals surface area contributed by atoms with Crippen molar-refractivity contribution in [3.63, 3.8) is 0 Å². The largest absolute Gasteiger partial charge is 0.509 e. The van der Waals surface area contributed by atoms with E-state index in [2.05, 4.69) is 26.3 Å². The molecule has 0 radical (unpaired) electrons. The van der Waals surface area contributed by atoms with Crippen LogP contribution in [0.1, 0.15) is 6.92 Å². The van der Waals surface area contributed by atoms with Crippen LogP contribution in [0.25, 0.3) is 0 Å². The monoisotopic (exact) mass is 232 g/mol. The lowest BCUT2D eigenvalue weighted by molar-refractivity contribution is -0.136. The third kappa shape index (κ3) is 7.62. The Hall–Kier alpha value is -2.29. The molecule has 0 aliphatic carbocycles. The molecule has 1 N–H and O–H groups in total. The van der Waals surface area contributed by atoms with Crippen LogP contribution < -0.4 is 0 Å². The lowest BCUT2D eigenvalue weighted by atomic mass is 10.1. The second kappa shape index (κ2) is 7.06. The highest BCUT2D eigenvalue weighted by atomic mass is 16.5. The van der Waals surface area contributed by atoms with E-state index in [1.165, 1.54) is 19.1 Å². The van der Waals surface area contributed by atoms with Crippen molar-refractivity contribution in [3.8, 4) is 0 Å². The molecule has 0 saturated carbocycles.